The summed E-state index contributed by atoms with van der Waals surface area (Å²) in [5, 5.41) is 1.14. The molecule has 0 saturated carbocycles. The fourth-order valence-electron chi connectivity index (χ4n) is 1.57. The fourth-order valence-corrected chi connectivity index (χ4v) is 2.76. The summed E-state index contributed by atoms with van der Waals surface area (Å²) in [6, 6.07) is 6.66. The topological polar surface area (TPSA) is 0 Å². The third-order valence-corrected chi connectivity index (χ3v) is 3.30. The van der Waals surface area contributed by atoms with Crippen LogP contribution in [0.5, 0.6) is 0 Å². The highest BCUT2D eigenvalue weighted by molar-refractivity contribution is 7.53. The van der Waals surface area contributed by atoms with E-state index in [0.29, 0.717) is 19.5 Å². The van der Waals surface area contributed by atoms with Crippen LogP contribution >= 0.6 is 8.58 Å². The van der Waals surface area contributed by atoms with Gasteiger partial charge in [0.15, 0.2) is 0 Å². The molecule has 0 aliphatic carbocycles. The minimum Gasteiger partial charge on any atom is -0.166 e. The molecule has 1 aliphatic rings. The van der Waals surface area contributed by atoms with Gasteiger partial charge < -0.3 is 0 Å². The van der Waals surface area contributed by atoms with Crippen LogP contribution in [0.25, 0.3) is 5.57 Å². The van der Waals surface area contributed by atoms with Crippen LogP contribution < -0.4 is 5.30 Å². The van der Waals surface area contributed by atoms with E-state index in [1.54, 1.807) is 18.2 Å². The van der Waals surface area contributed by atoms with Crippen molar-refractivity contribution in [2.75, 3.05) is 0 Å². The number of hydrogen-bond donors (Lipinski definition) is 0. The molecule has 0 bridgehead atoms. The van der Waals surface area contributed by atoms with Crippen LogP contribution in [0.4, 0.5) is 13.2 Å². The number of hydrogen-bond acceptors (Lipinski definition) is 0. The lowest BCUT2D eigenvalue weighted by Crippen LogP contribution is -2.12. The smallest absolute Gasteiger partial charge is 0.166 e. The summed E-state index contributed by atoms with van der Waals surface area (Å²) in [6.45, 7) is 1.53. The molecule has 1 aliphatic heterocycles. The standard InChI is InChI=1S/C10H7F3P/c1-6-9(10(11,12)13)7-4-2-3-5-8(7)14-6/h2-5H,1H3. The monoisotopic (exact) mass is 215 g/mol. The van der Waals surface area contributed by atoms with E-state index in [1.807, 2.05) is 0 Å². The van der Waals surface area contributed by atoms with Gasteiger partial charge in [0.1, 0.15) is 0 Å². The van der Waals surface area contributed by atoms with Crippen molar-refractivity contribution in [2.24, 2.45) is 0 Å². The Labute approximate surface area is 81.6 Å². The average molecular weight is 215 g/mol. The van der Waals surface area contributed by atoms with Gasteiger partial charge in [0.2, 0.25) is 0 Å². The van der Waals surface area contributed by atoms with Crippen LogP contribution in [-0.4, -0.2) is 6.18 Å². The first-order chi connectivity index (χ1) is 6.50. The van der Waals surface area contributed by atoms with Gasteiger partial charge in [0, 0.05) is 0 Å². The number of benzene rings is 1. The lowest BCUT2D eigenvalue weighted by atomic mass is 10.1. The van der Waals surface area contributed by atoms with Gasteiger partial charge in [0.25, 0.3) is 0 Å². The van der Waals surface area contributed by atoms with E-state index in [1.165, 1.54) is 13.0 Å². The normalized spacial score (nSPS) is 17.7. The molecule has 1 radical (unpaired) electrons. The maximum absolute atomic E-state index is 12.6. The largest absolute Gasteiger partial charge is 0.417 e. The molecule has 14 heavy (non-hydrogen) atoms. The Morgan fingerprint density at radius 3 is 2.43 bits per heavy atom. The molecule has 4 heteroatoms. The van der Waals surface area contributed by atoms with Gasteiger partial charge in [-0.1, -0.05) is 24.3 Å². The lowest BCUT2D eigenvalue weighted by Gasteiger charge is -2.09. The van der Waals surface area contributed by atoms with Gasteiger partial charge in [-0.15, -0.1) is 0 Å². The summed E-state index contributed by atoms with van der Waals surface area (Å²) in [6.07, 6.45) is -4.23. The van der Waals surface area contributed by atoms with Crippen molar-refractivity contribution in [2.45, 2.75) is 13.1 Å². The zero-order chi connectivity index (χ0) is 10.3. The van der Waals surface area contributed by atoms with E-state index < -0.39 is 11.7 Å². The van der Waals surface area contributed by atoms with Crippen molar-refractivity contribution in [3.63, 3.8) is 0 Å². The van der Waals surface area contributed by atoms with Crippen molar-refractivity contribution < 1.29 is 13.2 Å². The summed E-state index contributed by atoms with van der Waals surface area (Å²) in [4.78, 5) is 0. The molecule has 73 valence electrons. The van der Waals surface area contributed by atoms with Crippen LogP contribution in [0.2, 0.25) is 0 Å². The highest BCUT2D eigenvalue weighted by Gasteiger charge is 2.40. The van der Waals surface area contributed by atoms with E-state index in [-0.39, 0.29) is 0 Å². The highest BCUT2D eigenvalue weighted by Crippen LogP contribution is 2.46. The van der Waals surface area contributed by atoms with Gasteiger partial charge in [-0.05, 0) is 31.7 Å². The maximum Gasteiger partial charge on any atom is 0.417 e. The number of rotatable bonds is 0. The number of alkyl halides is 3. The number of fused-ring (bicyclic) bond motifs is 1. The van der Waals surface area contributed by atoms with Gasteiger partial charge in [-0.2, -0.15) is 13.2 Å². The first kappa shape index (κ1) is 9.72. The summed E-state index contributed by atoms with van der Waals surface area (Å²) in [7, 11) is 0.676. The van der Waals surface area contributed by atoms with E-state index in [0.717, 1.165) is 5.30 Å². The number of halogens is 3. The predicted octanol–water partition coefficient (Wildman–Crippen LogP) is 3.57. The van der Waals surface area contributed by atoms with Crippen LogP contribution in [0.15, 0.2) is 29.6 Å². The van der Waals surface area contributed by atoms with Crippen LogP contribution in [0.1, 0.15) is 12.5 Å². The predicted molar refractivity (Wildman–Crippen MR) is 51.6 cm³/mol. The molecule has 0 atom stereocenters. The van der Waals surface area contributed by atoms with Gasteiger partial charge >= 0.3 is 6.18 Å². The Bertz CT molecular complexity index is 404. The Hall–Kier alpha value is -0.820. The third kappa shape index (κ3) is 1.46. The second kappa shape index (κ2) is 3.09. The molecular weight excluding hydrogens is 208 g/mol. The molecule has 0 N–H and O–H groups in total. The Morgan fingerprint density at radius 1 is 1.14 bits per heavy atom. The average Bonchev–Trinajstić information content (AvgIpc) is 2.38. The summed E-state index contributed by atoms with van der Waals surface area (Å²) in [5.74, 6) is 0. The molecule has 2 rings (SSSR count). The summed E-state index contributed by atoms with van der Waals surface area (Å²) >= 11 is 0. The maximum atomic E-state index is 12.6. The molecule has 0 fully saturated rings. The third-order valence-electron chi connectivity index (χ3n) is 2.11. The van der Waals surface area contributed by atoms with E-state index >= 15 is 0 Å². The first-order valence-electron chi connectivity index (χ1n) is 4.09. The van der Waals surface area contributed by atoms with Crippen molar-refractivity contribution >= 4 is 19.5 Å². The molecule has 0 saturated heterocycles. The van der Waals surface area contributed by atoms with Crippen LogP contribution in [-0.2, 0) is 0 Å². The van der Waals surface area contributed by atoms with Crippen LogP contribution in [0.3, 0.4) is 0 Å². The van der Waals surface area contributed by atoms with Crippen molar-refractivity contribution in [1.29, 1.82) is 0 Å². The Morgan fingerprint density at radius 2 is 1.79 bits per heavy atom. The first-order valence-corrected chi connectivity index (χ1v) is 4.99. The molecule has 0 aromatic heterocycles. The molecule has 0 nitrogen and oxygen atoms in total. The van der Waals surface area contributed by atoms with Crippen molar-refractivity contribution in [3.05, 3.63) is 35.1 Å². The van der Waals surface area contributed by atoms with Gasteiger partial charge in [-0.25, -0.2) is 0 Å². The minimum absolute atomic E-state index is 0.333. The van der Waals surface area contributed by atoms with Crippen LogP contribution in [0, 0.1) is 0 Å². The number of allylic oxidation sites excluding steroid dienone is 2. The van der Waals surface area contributed by atoms with E-state index in [4.69, 9.17) is 0 Å². The molecule has 0 amide bonds. The molecule has 1 aromatic carbocycles. The molecule has 1 heterocycles. The second-order valence-corrected chi connectivity index (χ2v) is 4.46. The van der Waals surface area contributed by atoms with Crippen molar-refractivity contribution in [3.8, 4) is 0 Å². The summed E-state index contributed by atoms with van der Waals surface area (Å²) in [5.41, 5.74) is -0.131. The second-order valence-electron chi connectivity index (χ2n) is 3.09. The SMILES string of the molecule is CC1=C(C(F)(F)F)c2ccccc2[P]1. The zero-order valence-corrected chi connectivity index (χ0v) is 8.28. The lowest BCUT2D eigenvalue weighted by molar-refractivity contribution is -0.0689. The van der Waals surface area contributed by atoms with Crippen molar-refractivity contribution in [1.82, 2.24) is 0 Å². The van der Waals surface area contributed by atoms with E-state index in [9.17, 15) is 13.2 Å². The summed E-state index contributed by atoms with van der Waals surface area (Å²) < 4.78 is 37.9. The quantitative estimate of drug-likeness (QED) is 0.580. The van der Waals surface area contributed by atoms with E-state index in [2.05, 4.69) is 0 Å². The molecular formula is C10H7F3P. The minimum atomic E-state index is -4.23. The molecule has 0 unspecified atom stereocenters. The molecule has 1 aromatic rings. The fraction of sp³-hybridized carbons (Fsp3) is 0.200. The zero-order valence-electron chi connectivity index (χ0n) is 7.39. The van der Waals surface area contributed by atoms with Gasteiger partial charge in [0.05, 0.1) is 5.57 Å². The van der Waals surface area contributed by atoms with Gasteiger partial charge in [-0.3, -0.25) is 0 Å². The molecule has 0 spiro atoms. The Balaban J connectivity index is 2.57. The Kier molecular flexibility index (Phi) is 2.15. The highest BCUT2D eigenvalue weighted by atomic mass is 31.1.